The summed E-state index contributed by atoms with van der Waals surface area (Å²) in [6.45, 7) is 14.9. The van der Waals surface area contributed by atoms with Gasteiger partial charge in [-0.1, -0.05) is 78.9 Å². The lowest BCUT2D eigenvalue weighted by molar-refractivity contribution is 0.0240. The number of phenols is 1. The molecule has 0 bridgehead atoms. The maximum Gasteiger partial charge on any atom is 0.410 e. The molecule has 2 saturated heterocycles. The van der Waals surface area contributed by atoms with Crippen LogP contribution in [0.3, 0.4) is 0 Å². The number of hydrogen-bond donors (Lipinski definition) is 2. The zero-order chi connectivity index (χ0) is 42.6. The average molecular weight is 851 g/mol. The Kier molecular flexibility index (Phi) is 15.5. The molecule has 2 N–H and O–H groups in total. The van der Waals surface area contributed by atoms with Crippen LogP contribution < -0.4 is 15.1 Å². The van der Waals surface area contributed by atoms with Crippen molar-refractivity contribution in [1.82, 2.24) is 30.2 Å². The van der Waals surface area contributed by atoms with Crippen molar-refractivity contribution in [1.29, 1.82) is 0 Å². The second-order valence-electron chi connectivity index (χ2n) is 15.9. The van der Waals surface area contributed by atoms with Gasteiger partial charge in [-0.25, -0.2) is 4.79 Å². The van der Waals surface area contributed by atoms with Gasteiger partial charge in [0, 0.05) is 98.7 Å². The molecule has 0 spiro atoms. The predicted octanol–water partition coefficient (Wildman–Crippen LogP) is 9.84. The van der Waals surface area contributed by atoms with Gasteiger partial charge in [-0.2, -0.15) is 0 Å². The fourth-order valence-corrected chi connectivity index (χ4v) is 7.39. The minimum atomic E-state index is -0.451. The fraction of sp³-hybridized carbons (Fsp3) is 0.260. The quantitative estimate of drug-likeness (QED) is 0.174. The first kappa shape index (κ1) is 45.0. The molecule has 0 saturated carbocycles. The summed E-state index contributed by atoms with van der Waals surface area (Å²) in [5.74, 6) is 0.239. The number of carbonyl (C=O) groups is 1. The number of pyridine rings is 4. The summed E-state index contributed by atoms with van der Waals surface area (Å²) in [7, 11) is 0. The van der Waals surface area contributed by atoms with E-state index in [9.17, 15) is 9.90 Å². The first-order chi connectivity index (χ1) is 29.6. The van der Waals surface area contributed by atoms with Crippen LogP contribution in [0.25, 0.3) is 43.6 Å². The largest absolute Gasteiger partial charge is 0.506 e. The lowest BCUT2D eigenvalue weighted by Crippen LogP contribution is -2.50. The van der Waals surface area contributed by atoms with Crippen molar-refractivity contribution in [2.24, 2.45) is 0 Å². The van der Waals surface area contributed by atoms with Gasteiger partial charge in [0.15, 0.2) is 0 Å². The number of aryl methyl sites for hydroxylation is 1. The Hall–Kier alpha value is -6.56. The van der Waals surface area contributed by atoms with Gasteiger partial charge in [0.1, 0.15) is 16.9 Å². The van der Waals surface area contributed by atoms with E-state index < -0.39 is 5.60 Å². The van der Waals surface area contributed by atoms with E-state index in [-0.39, 0.29) is 24.2 Å². The van der Waals surface area contributed by atoms with Gasteiger partial charge in [-0.3, -0.25) is 19.9 Å². The number of ether oxygens (including phenoxy) is 1. The molecule has 4 aromatic heterocycles. The van der Waals surface area contributed by atoms with E-state index in [1.54, 1.807) is 23.2 Å². The van der Waals surface area contributed by atoms with Crippen molar-refractivity contribution in [3.8, 4) is 5.75 Å². The van der Waals surface area contributed by atoms with E-state index >= 15 is 0 Å². The minimum Gasteiger partial charge on any atom is -0.506 e. The number of halogens is 1. The van der Waals surface area contributed by atoms with E-state index in [4.69, 9.17) is 4.74 Å². The Bertz CT molecular complexity index is 2600. The van der Waals surface area contributed by atoms with Crippen LogP contribution in [0.2, 0.25) is 0 Å². The third-order valence-electron chi connectivity index (χ3n) is 10.4. The molecule has 4 aromatic carbocycles. The highest BCUT2D eigenvalue weighted by molar-refractivity contribution is 5.92. The molecule has 2 fully saturated rings. The third-order valence-corrected chi connectivity index (χ3v) is 10.4. The summed E-state index contributed by atoms with van der Waals surface area (Å²) in [5.41, 5.74) is 7.08. The molecule has 2 aliphatic rings. The van der Waals surface area contributed by atoms with Crippen LogP contribution in [0.15, 0.2) is 146 Å². The van der Waals surface area contributed by atoms with Gasteiger partial charge in [0.2, 0.25) is 0 Å². The van der Waals surface area contributed by atoms with Crippen LogP contribution in [-0.2, 0) is 4.74 Å². The Labute approximate surface area is 369 Å². The number of hydrogen-bond acceptors (Lipinski definition) is 10. The molecule has 2 aliphatic heterocycles. The molecular weight excluding hydrogens is 796 g/mol. The number of phenolic OH excluding ortho intramolecular Hbond substituents is 1. The van der Waals surface area contributed by atoms with Crippen LogP contribution in [0, 0.1) is 6.92 Å². The molecule has 11 nitrogen and oxygen atoms in total. The lowest BCUT2D eigenvalue weighted by Gasteiger charge is -2.37. The SMILES string of the molecule is CC(C)(C)OC(=O)N1CCN(c2cccc3cccnc23)CC1.Cc1cccc2cccnc12.Cl.Oc1cccc2cccnc12.c1cnc2c(N3CCNCC3)cccc2c1. The summed E-state index contributed by atoms with van der Waals surface area (Å²) in [6.07, 6.45) is 6.96. The number of nitrogens with zero attached hydrogens (tertiary/aromatic N) is 7. The summed E-state index contributed by atoms with van der Waals surface area (Å²) in [4.78, 5) is 35.9. The monoisotopic (exact) mass is 850 g/mol. The number of rotatable bonds is 2. The molecule has 62 heavy (non-hydrogen) atoms. The van der Waals surface area contributed by atoms with Crippen LogP contribution in [0.5, 0.6) is 5.75 Å². The molecule has 12 heteroatoms. The van der Waals surface area contributed by atoms with Crippen molar-refractivity contribution in [2.45, 2.75) is 33.3 Å². The molecule has 0 aliphatic carbocycles. The highest BCUT2D eigenvalue weighted by Gasteiger charge is 2.26. The molecule has 0 radical (unpaired) electrons. The number of aromatic hydroxyl groups is 1. The third kappa shape index (κ3) is 11.6. The minimum absolute atomic E-state index is 0. The van der Waals surface area contributed by atoms with Crippen molar-refractivity contribution in [3.05, 3.63) is 152 Å². The molecule has 0 unspecified atom stereocenters. The van der Waals surface area contributed by atoms with Crippen molar-refractivity contribution >= 4 is 73.5 Å². The summed E-state index contributed by atoms with van der Waals surface area (Å²) < 4.78 is 5.44. The molecule has 320 valence electrons. The number of anilines is 2. The predicted molar refractivity (Wildman–Crippen MR) is 256 cm³/mol. The number of piperazine rings is 2. The molecule has 10 rings (SSSR count). The van der Waals surface area contributed by atoms with Gasteiger partial charge in [-0.05, 0) is 75.7 Å². The number of aromatic nitrogens is 4. The highest BCUT2D eigenvalue weighted by atomic mass is 35.5. The Balaban J connectivity index is 0.000000144. The molecule has 6 heterocycles. The van der Waals surface area contributed by atoms with Crippen LogP contribution in [-0.4, -0.2) is 94.0 Å². The van der Waals surface area contributed by atoms with Crippen molar-refractivity contribution < 1.29 is 14.6 Å². The van der Waals surface area contributed by atoms with Gasteiger partial charge in [0.05, 0.1) is 27.9 Å². The van der Waals surface area contributed by atoms with Gasteiger partial charge < -0.3 is 29.9 Å². The zero-order valence-corrected chi connectivity index (χ0v) is 36.6. The van der Waals surface area contributed by atoms with Gasteiger partial charge in [-0.15, -0.1) is 12.4 Å². The normalized spacial score (nSPS) is 13.8. The first-order valence-electron chi connectivity index (χ1n) is 20.8. The van der Waals surface area contributed by atoms with Gasteiger partial charge >= 0.3 is 6.09 Å². The van der Waals surface area contributed by atoms with E-state index in [2.05, 4.69) is 115 Å². The highest BCUT2D eigenvalue weighted by Crippen LogP contribution is 2.27. The lowest BCUT2D eigenvalue weighted by atomic mass is 10.1. The number of amides is 1. The Morgan fingerprint density at radius 2 is 0.952 bits per heavy atom. The Morgan fingerprint density at radius 3 is 1.44 bits per heavy atom. The van der Waals surface area contributed by atoms with E-state index in [0.29, 0.717) is 18.6 Å². The first-order valence-corrected chi connectivity index (χ1v) is 20.8. The molecule has 0 atom stereocenters. The van der Waals surface area contributed by atoms with E-state index in [1.807, 2.05) is 75.8 Å². The van der Waals surface area contributed by atoms with Crippen LogP contribution >= 0.6 is 12.4 Å². The van der Waals surface area contributed by atoms with E-state index in [1.165, 1.54) is 22.0 Å². The maximum absolute atomic E-state index is 12.1. The topological polar surface area (TPSA) is 120 Å². The average Bonchev–Trinajstić information content (AvgIpc) is 3.29. The number of carbonyl (C=O) groups excluding carboxylic acids is 1. The number of benzene rings is 4. The summed E-state index contributed by atoms with van der Waals surface area (Å²) >= 11 is 0. The fourth-order valence-electron chi connectivity index (χ4n) is 7.39. The Morgan fingerprint density at radius 1 is 0.548 bits per heavy atom. The zero-order valence-electron chi connectivity index (χ0n) is 35.8. The summed E-state index contributed by atoms with van der Waals surface area (Å²) in [6, 6.07) is 40.1. The van der Waals surface area contributed by atoms with Crippen LogP contribution in [0.4, 0.5) is 16.2 Å². The molecular formula is C50H55ClN8O3. The summed E-state index contributed by atoms with van der Waals surface area (Å²) in [5, 5.41) is 17.2. The van der Waals surface area contributed by atoms with Crippen LogP contribution in [0.1, 0.15) is 26.3 Å². The standard InChI is InChI=1S/C18H23N3O2.C13H15N3.C10H9N.C9H7NO.ClH/c1-18(2,3)23-17(22)21-12-10-20(11-13-21)15-8-4-6-14-7-5-9-19-16(14)15;1-3-11-4-2-6-15-13(11)12(5-1)16-9-7-14-8-10-16;1-8-4-2-5-9-6-3-7-11-10(8)9;11-8-5-1-3-7-4-2-6-10-9(7)8;/h4-9H,10-13H2,1-3H3;1-6,14H,7-10H2;2-7H,1H3;1-6,11H;1H. The second kappa shape index (κ2) is 21.3. The van der Waals surface area contributed by atoms with Gasteiger partial charge in [0.25, 0.3) is 0 Å². The maximum atomic E-state index is 12.1. The number of nitrogens with one attached hydrogen (secondary N) is 1. The second-order valence-corrected chi connectivity index (χ2v) is 15.9. The smallest absolute Gasteiger partial charge is 0.410 e. The van der Waals surface area contributed by atoms with Crippen molar-refractivity contribution in [3.63, 3.8) is 0 Å². The van der Waals surface area contributed by atoms with Crippen molar-refractivity contribution in [2.75, 3.05) is 62.2 Å². The number of fused-ring (bicyclic) bond motifs is 4. The van der Waals surface area contributed by atoms with E-state index in [0.717, 1.165) is 72.3 Å². The molecule has 8 aromatic rings. The number of para-hydroxylation sites is 4. The molecule has 1 amide bonds.